The van der Waals surface area contributed by atoms with Gasteiger partial charge >= 0.3 is 0 Å². The van der Waals surface area contributed by atoms with Crippen LogP contribution in [0.3, 0.4) is 0 Å². The summed E-state index contributed by atoms with van der Waals surface area (Å²) in [5, 5.41) is 3.46. The van der Waals surface area contributed by atoms with E-state index < -0.39 is 5.91 Å². The van der Waals surface area contributed by atoms with Crippen LogP contribution in [0, 0.1) is 0 Å². The molecular formula is C14H18N4O. The molecule has 0 aliphatic carbocycles. The predicted octanol–water partition coefficient (Wildman–Crippen LogP) is 1.58. The number of fused-ring (bicyclic) bond motifs is 1. The van der Waals surface area contributed by atoms with Crippen molar-refractivity contribution in [1.82, 2.24) is 14.9 Å². The molecule has 3 N–H and O–H groups in total. The number of amides is 1. The first-order valence-corrected chi connectivity index (χ1v) is 6.74. The van der Waals surface area contributed by atoms with E-state index in [1.165, 1.54) is 6.42 Å². The average Bonchev–Trinajstić information content (AvgIpc) is 3.04. The highest BCUT2D eigenvalue weighted by Gasteiger charge is 2.24. The highest BCUT2D eigenvalue weighted by Crippen LogP contribution is 2.27. The minimum Gasteiger partial charge on any atom is -0.366 e. The summed E-state index contributed by atoms with van der Waals surface area (Å²) in [5.41, 5.74) is 7.65. The fourth-order valence-corrected chi connectivity index (χ4v) is 2.87. The number of nitrogens with zero attached hydrogens (tertiary/aromatic N) is 2. The first-order valence-electron chi connectivity index (χ1n) is 6.74. The molecule has 1 aromatic heterocycles. The average molecular weight is 258 g/mol. The maximum Gasteiger partial charge on any atom is 0.250 e. The molecule has 3 rings (SSSR count). The molecule has 2 aromatic rings. The fourth-order valence-electron chi connectivity index (χ4n) is 2.87. The van der Waals surface area contributed by atoms with Crippen molar-refractivity contribution < 1.29 is 4.79 Å². The first kappa shape index (κ1) is 12.2. The first-order chi connectivity index (χ1) is 9.22. The van der Waals surface area contributed by atoms with Crippen LogP contribution in [0.15, 0.2) is 18.2 Å². The molecule has 0 saturated carbocycles. The van der Waals surface area contributed by atoms with Crippen molar-refractivity contribution in [2.45, 2.75) is 32.4 Å². The number of rotatable bonds is 3. The Labute approximate surface area is 111 Å². The van der Waals surface area contributed by atoms with Gasteiger partial charge in [0.25, 0.3) is 5.91 Å². The molecule has 1 atom stereocenters. The lowest BCUT2D eigenvalue weighted by atomic mass is 10.2. The number of nitrogens with one attached hydrogen (secondary N) is 1. The summed E-state index contributed by atoms with van der Waals surface area (Å²) in [6.45, 7) is 3.96. The Bertz CT molecular complexity index is 626. The zero-order chi connectivity index (χ0) is 13.4. The second-order valence-corrected chi connectivity index (χ2v) is 4.90. The van der Waals surface area contributed by atoms with Gasteiger partial charge in [-0.1, -0.05) is 6.07 Å². The molecule has 0 radical (unpaired) electrons. The number of hydrogen-bond acceptors (Lipinski definition) is 3. The Kier molecular flexibility index (Phi) is 2.98. The Balaban J connectivity index is 2.22. The second kappa shape index (κ2) is 4.66. The molecule has 1 saturated heterocycles. The number of carbonyl (C=O) groups is 1. The Morgan fingerprint density at radius 2 is 2.42 bits per heavy atom. The van der Waals surface area contributed by atoms with Gasteiger partial charge in [-0.3, -0.25) is 4.79 Å². The summed E-state index contributed by atoms with van der Waals surface area (Å²) in [7, 11) is 0. The van der Waals surface area contributed by atoms with Gasteiger partial charge in [0.05, 0.1) is 17.1 Å². The van der Waals surface area contributed by atoms with Crippen molar-refractivity contribution in [1.29, 1.82) is 0 Å². The van der Waals surface area contributed by atoms with Crippen LogP contribution in [0.2, 0.25) is 0 Å². The summed E-state index contributed by atoms with van der Waals surface area (Å²) in [5.74, 6) is 0.598. The van der Waals surface area contributed by atoms with E-state index in [-0.39, 0.29) is 6.04 Å². The number of para-hydroxylation sites is 1. The van der Waals surface area contributed by atoms with Gasteiger partial charge in [-0.25, -0.2) is 4.98 Å². The lowest BCUT2D eigenvalue weighted by Crippen LogP contribution is -2.17. The van der Waals surface area contributed by atoms with E-state index in [9.17, 15) is 4.79 Å². The topological polar surface area (TPSA) is 72.9 Å². The normalized spacial score (nSPS) is 19.1. The predicted molar refractivity (Wildman–Crippen MR) is 73.9 cm³/mol. The molecule has 1 aliphatic heterocycles. The minimum absolute atomic E-state index is 0.285. The molecule has 0 spiro atoms. The largest absolute Gasteiger partial charge is 0.366 e. The molecule has 1 aromatic carbocycles. The molecule has 2 heterocycles. The number of benzene rings is 1. The minimum atomic E-state index is -0.419. The van der Waals surface area contributed by atoms with Gasteiger partial charge in [0, 0.05) is 6.54 Å². The molecular weight excluding hydrogens is 240 g/mol. The van der Waals surface area contributed by atoms with Gasteiger partial charge in [-0.05, 0) is 38.4 Å². The molecule has 0 bridgehead atoms. The maximum absolute atomic E-state index is 11.5. The van der Waals surface area contributed by atoms with Crippen LogP contribution in [0.4, 0.5) is 0 Å². The zero-order valence-electron chi connectivity index (χ0n) is 11.0. The number of carbonyl (C=O) groups excluding carboxylic acids is 1. The Morgan fingerprint density at radius 3 is 3.05 bits per heavy atom. The SMILES string of the molecule is CCn1c(C2CCCN2)nc2c(C(N)=O)cccc21. The fraction of sp³-hybridized carbons (Fsp3) is 0.429. The van der Waals surface area contributed by atoms with E-state index in [2.05, 4.69) is 21.8 Å². The number of nitrogens with two attached hydrogens (primary N) is 1. The van der Waals surface area contributed by atoms with E-state index in [1.54, 1.807) is 6.07 Å². The van der Waals surface area contributed by atoms with Gasteiger partial charge in [0.2, 0.25) is 0 Å². The number of imidazole rings is 1. The molecule has 1 fully saturated rings. The summed E-state index contributed by atoms with van der Waals surface area (Å²) in [6, 6.07) is 5.88. The van der Waals surface area contributed by atoms with Crippen molar-refractivity contribution in [2.75, 3.05) is 6.54 Å². The number of aromatic nitrogens is 2. The van der Waals surface area contributed by atoms with E-state index in [0.717, 1.165) is 36.4 Å². The van der Waals surface area contributed by atoms with Crippen LogP contribution in [-0.2, 0) is 6.54 Å². The lowest BCUT2D eigenvalue weighted by Gasteiger charge is -2.12. The van der Waals surface area contributed by atoms with Crippen LogP contribution >= 0.6 is 0 Å². The van der Waals surface area contributed by atoms with E-state index in [1.807, 2.05) is 12.1 Å². The lowest BCUT2D eigenvalue weighted by molar-refractivity contribution is 0.100. The highest BCUT2D eigenvalue weighted by atomic mass is 16.1. The van der Waals surface area contributed by atoms with Gasteiger partial charge in [-0.15, -0.1) is 0 Å². The van der Waals surface area contributed by atoms with Crippen molar-refractivity contribution in [3.8, 4) is 0 Å². The summed E-state index contributed by atoms with van der Waals surface area (Å²) in [6.07, 6.45) is 2.26. The van der Waals surface area contributed by atoms with E-state index >= 15 is 0 Å². The standard InChI is InChI=1S/C14H18N4O/c1-2-18-11-7-3-5-9(13(15)19)12(11)17-14(18)10-6-4-8-16-10/h3,5,7,10,16H,2,4,6,8H2,1H3,(H2,15,19). The number of primary amides is 1. The molecule has 5 heteroatoms. The van der Waals surface area contributed by atoms with E-state index in [0.29, 0.717) is 5.56 Å². The molecule has 5 nitrogen and oxygen atoms in total. The van der Waals surface area contributed by atoms with Crippen molar-refractivity contribution in [3.05, 3.63) is 29.6 Å². The third-order valence-corrected chi connectivity index (χ3v) is 3.76. The third kappa shape index (κ3) is 1.90. The molecule has 1 amide bonds. The van der Waals surface area contributed by atoms with Gasteiger partial charge in [-0.2, -0.15) is 0 Å². The smallest absolute Gasteiger partial charge is 0.250 e. The second-order valence-electron chi connectivity index (χ2n) is 4.90. The number of aryl methyl sites for hydroxylation is 1. The summed E-state index contributed by atoms with van der Waals surface area (Å²) >= 11 is 0. The molecule has 19 heavy (non-hydrogen) atoms. The van der Waals surface area contributed by atoms with Crippen molar-refractivity contribution >= 4 is 16.9 Å². The van der Waals surface area contributed by atoms with Crippen LogP contribution in [0.25, 0.3) is 11.0 Å². The maximum atomic E-state index is 11.5. The quantitative estimate of drug-likeness (QED) is 0.878. The van der Waals surface area contributed by atoms with Gasteiger partial charge in [0.1, 0.15) is 11.3 Å². The van der Waals surface area contributed by atoms with Crippen LogP contribution in [0.5, 0.6) is 0 Å². The molecule has 100 valence electrons. The zero-order valence-corrected chi connectivity index (χ0v) is 11.0. The molecule has 1 unspecified atom stereocenters. The Morgan fingerprint density at radius 1 is 1.58 bits per heavy atom. The summed E-state index contributed by atoms with van der Waals surface area (Å²) < 4.78 is 2.17. The van der Waals surface area contributed by atoms with Crippen LogP contribution < -0.4 is 11.1 Å². The summed E-state index contributed by atoms with van der Waals surface area (Å²) in [4.78, 5) is 16.2. The monoisotopic (exact) mass is 258 g/mol. The van der Waals surface area contributed by atoms with Gasteiger partial charge in [0.15, 0.2) is 0 Å². The number of hydrogen-bond donors (Lipinski definition) is 2. The van der Waals surface area contributed by atoms with Gasteiger partial charge < -0.3 is 15.6 Å². The molecule has 1 aliphatic rings. The van der Waals surface area contributed by atoms with Crippen molar-refractivity contribution in [3.63, 3.8) is 0 Å². The Hall–Kier alpha value is -1.88. The van der Waals surface area contributed by atoms with Crippen molar-refractivity contribution in [2.24, 2.45) is 5.73 Å². The van der Waals surface area contributed by atoms with Crippen LogP contribution in [0.1, 0.15) is 42.0 Å². The third-order valence-electron chi connectivity index (χ3n) is 3.76. The van der Waals surface area contributed by atoms with Crippen LogP contribution in [-0.4, -0.2) is 22.0 Å². The van der Waals surface area contributed by atoms with E-state index in [4.69, 9.17) is 5.73 Å². The highest BCUT2D eigenvalue weighted by molar-refractivity contribution is 6.04.